The third-order valence-corrected chi connectivity index (χ3v) is 4.60. The van der Waals surface area contributed by atoms with Crippen molar-refractivity contribution >= 4 is 5.97 Å². The Bertz CT molecular complexity index is 497. The molecule has 0 amide bonds. The number of hydrogen-bond acceptors (Lipinski definition) is 3. The van der Waals surface area contributed by atoms with E-state index in [9.17, 15) is 4.79 Å². The minimum atomic E-state index is -0.0970. The van der Waals surface area contributed by atoms with Gasteiger partial charge in [0.2, 0.25) is 0 Å². The van der Waals surface area contributed by atoms with Gasteiger partial charge in [-0.05, 0) is 49.3 Å². The fourth-order valence-corrected chi connectivity index (χ4v) is 2.94. The smallest absolute Gasteiger partial charge is 0.314 e. The number of fused-ring (bicyclic) bond motifs is 1. The first-order chi connectivity index (χ1) is 9.67. The molecular formula is C17H22O3. The standard InChI is InChI=1S/C17H22O3/c1-3-11(2)12-5-4-6-14(9-12)19-17(18)13-7-8-15-16(10-13)20-15/h4-6,9,11,13,15-16H,3,7-8,10H2,1-2H3. The van der Waals surface area contributed by atoms with Crippen molar-refractivity contribution in [2.45, 2.75) is 57.7 Å². The molecule has 2 fully saturated rings. The lowest BCUT2D eigenvalue weighted by Gasteiger charge is -2.18. The summed E-state index contributed by atoms with van der Waals surface area (Å²) in [6.45, 7) is 4.35. The predicted octanol–water partition coefficient (Wildman–Crippen LogP) is 3.67. The Labute approximate surface area is 120 Å². The molecule has 0 spiro atoms. The second-order valence-corrected chi connectivity index (χ2v) is 6.03. The van der Waals surface area contributed by atoms with Crippen molar-refractivity contribution in [3.05, 3.63) is 29.8 Å². The van der Waals surface area contributed by atoms with Crippen LogP contribution in [0.2, 0.25) is 0 Å². The van der Waals surface area contributed by atoms with Crippen molar-refractivity contribution in [3.63, 3.8) is 0 Å². The molecule has 3 rings (SSSR count). The van der Waals surface area contributed by atoms with E-state index in [1.165, 1.54) is 5.56 Å². The first kappa shape index (κ1) is 13.6. The highest BCUT2D eigenvalue weighted by atomic mass is 16.6. The molecule has 1 aromatic carbocycles. The Morgan fingerprint density at radius 3 is 3.00 bits per heavy atom. The molecule has 1 saturated carbocycles. The van der Waals surface area contributed by atoms with Crippen LogP contribution in [0.3, 0.4) is 0 Å². The lowest BCUT2D eigenvalue weighted by Crippen LogP contribution is -2.25. The highest BCUT2D eigenvalue weighted by Gasteiger charge is 2.46. The largest absolute Gasteiger partial charge is 0.426 e. The summed E-state index contributed by atoms with van der Waals surface area (Å²) in [5.41, 5.74) is 1.23. The third-order valence-electron chi connectivity index (χ3n) is 4.60. The molecule has 4 unspecified atom stereocenters. The number of carbonyl (C=O) groups is 1. The molecule has 0 aromatic heterocycles. The highest BCUT2D eigenvalue weighted by Crippen LogP contribution is 2.40. The van der Waals surface area contributed by atoms with Crippen molar-refractivity contribution < 1.29 is 14.3 Å². The zero-order chi connectivity index (χ0) is 14.1. The summed E-state index contributed by atoms with van der Waals surface area (Å²) >= 11 is 0. The molecule has 0 radical (unpaired) electrons. The molecule has 0 N–H and O–H groups in total. The van der Waals surface area contributed by atoms with E-state index in [4.69, 9.17) is 9.47 Å². The fraction of sp³-hybridized carbons (Fsp3) is 0.588. The van der Waals surface area contributed by atoms with Gasteiger partial charge in [0.25, 0.3) is 0 Å². The normalized spacial score (nSPS) is 29.4. The van der Waals surface area contributed by atoms with Crippen molar-refractivity contribution in [1.82, 2.24) is 0 Å². The van der Waals surface area contributed by atoms with Gasteiger partial charge in [0, 0.05) is 0 Å². The van der Waals surface area contributed by atoms with E-state index in [-0.39, 0.29) is 11.9 Å². The molecule has 1 saturated heterocycles. The quantitative estimate of drug-likeness (QED) is 0.477. The molecule has 4 atom stereocenters. The summed E-state index contributed by atoms with van der Waals surface area (Å²) in [6, 6.07) is 7.91. The van der Waals surface area contributed by atoms with Gasteiger partial charge < -0.3 is 9.47 Å². The molecule has 108 valence electrons. The van der Waals surface area contributed by atoms with Crippen LogP contribution in [0.25, 0.3) is 0 Å². The maximum absolute atomic E-state index is 12.2. The summed E-state index contributed by atoms with van der Waals surface area (Å²) in [7, 11) is 0. The number of hydrogen-bond donors (Lipinski definition) is 0. The Morgan fingerprint density at radius 2 is 2.25 bits per heavy atom. The van der Waals surface area contributed by atoms with Crippen LogP contribution in [0, 0.1) is 5.92 Å². The van der Waals surface area contributed by atoms with Crippen LogP contribution < -0.4 is 4.74 Å². The highest BCUT2D eigenvalue weighted by molar-refractivity contribution is 5.75. The van der Waals surface area contributed by atoms with Crippen molar-refractivity contribution in [1.29, 1.82) is 0 Å². The van der Waals surface area contributed by atoms with Gasteiger partial charge in [-0.3, -0.25) is 4.79 Å². The molecular weight excluding hydrogens is 252 g/mol. The average molecular weight is 274 g/mol. The number of epoxide rings is 1. The van der Waals surface area contributed by atoms with Crippen molar-refractivity contribution in [2.24, 2.45) is 5.92 Å². The van der Waals surface area contributed by atoms with E-state index in [1.54, 1.807) is 0 Å². The van der Waals surface area contributed by atoms with Gasteiger partial charge in [-0.15, -0.1) is 0 Å². The van der Waals surface area contributed by atoms with Crippen LogP contribution in [0.1, 0.15) is 51.0 Å². The topological polar surface area (TPSA) is 38.8 Å². The molecule has 1 aliphatic heterocycles. The van der Waals surface area contributed by atoms with Crippen LogP contribution >= 0.6 is 0 Å². The molecule has 1 heterocycles. The maximum atomic E-state index is 12.2. The average Bonchev–Trinajstić information content (AvgIpc) is 3.25. The van der Waals surface area contributed by atoms with E-state index >= 15 is 0 Å². The van der Waals surface area contributed by atoms with Crippen LogP contribution in [0.15, 0.2) is 24.3 Å². The second-order valence-electron chi connectivity index (χ2n) is 6.03. The Morgan fingerprint density at radius 1 is 1.40 bits per heavy atom. The number of carbonyl (C=O) groups excluding carboxylic acids is 1. The van der Waals surface area contributed by atoms with E-state index in [0.29, 0.717) is 23.9 Å². The SMILES string of the molecule is CCC(C)c1cccc(OC(=O)C2CCC3OC3C2)c1. The molecule has 3 heteroatoms. The van der Waals surface area contributed by atoms with Gasteiger partial charge in [0.05, 0.1) is 18.1 Å². The molecule has 0 bridgehead atoms. The van der Waals surface area contributed by atoms with E-state index in [0.717, 1.165) is 25.7 Å². The van der Waals surface area contributed by atoms with E-state index < -0.39 is 0 Å². The van der Waals surface area contributed by atoms with Gasteiger partial charge >= 0.3 is 5.97 Å². The minimum Gasteiger partial charge on any atom is -0.426 e. The molecule has 20 heavy (non-hydrogen) atoms. The number of rotatable bonds is 4. The molecule has 1 aliphatic carbocycles. The minimum absolute atomic E-state index is 0.00556. The number of ether oxygens (including phenoxy) is 2. The molecule has 1 aromatic rings. The van der Waals surface area contributed by atoms with Gasteiger partial charge in [-0.2, -0.15) is 0 Å². The third kappa shape index (κ3) is 2.88. The lowest BCUT2D eigenvalue weighted by molar-refractivity contribution is -0.139. The first-order valence-corrected chi connectivity index (χ1v) is 7.64. The van der Waals surface area contributed by atoms with Crippen LogP contribution in [0.4, 0.5) is 0 Å². The number of esters is 1. The lowest BCUT2D eigenvalue weighted by atomic mass is 9.89. The van der Waals surface area contributed by atoms with Gasteiger partial charge in [0.15, 0.2) is 0 Å². The second kappa shape index (κ2) is 5.57. The molecule has 3 nitrogen and oxygen atoms in total. The Balaban J connectivity index is 1.63. The van der Waals surface area contributed by atoms with Gasteiger partial charge in [-0.1, -0.05) is 26.0 Å². The zero-order valence-corrected chi connectivity index (χ0v) is 12.2. The summed E-state index contributed by atoms with van der Waals surface area (Å²) in [4.78, 5) is 12.2. The summed E-state index contributed by atoms with van der Waals surface area (Å²) in [6.07, 6.45) is 4.54. The predicted molar refractivity (Wildman–Crippen MR) is 76.8 cm³/mol. The van der Waals surface area contributed by atoms with E-state index in [1.807, 2.05) is 18.2 Å². The fourth-order valence-electron chi connectivity index (χ4n) is 2.94. The van der Waals surface area contributed by atoms with Gasteiger partial charge in [0.1, 0.15) is 5.75 Å². The van der Waals surface area contributed by atoms with Crippen LogP contribution in [0.5, 0.6) is 5.75 Å². The maximum Gasteiger partial charge on any atom is 0.314 e. The summed E-state index contributed by atoms with van der Waals surface area (Å²) < 4.78 is 11.0. The van der Waals surface area contributed by atoms with Crippen LogP contribution in [-0.4, -0.2) is 18.2 Å². The van der Waals surface area contributed by atoms with Gasteiger partial charge in [-0.25, -0.2) is 0 Å². The summed E-state index contributed by atoms with van der Waals surface area (Å²) in [5.74, 6) is 1.07. The monoisotopic (exact) mass is 274 g/mol. The first-order valence-electron chi connectivity index (χ1n) is 7.64. The van der Waals surface area contributed by atoms with Crippen LogP contribution in [-0.2, 0) is 9.53 Å². The Hall–Kier alpha value is -1.35. The van der Waals surface area contributed by atoms with E-state index in [2.05, 4.69) is 19.9 Å². The number of benzene rings is 1. The Kier molecular flexibility index (Phi) is 3.79. The molecule has 2 aliphatic rings. The van der Waals surface area contributed by atoms with Crippen molar-refractivity contribution in [2.75, 3.05) is 0 Å². The summed E-state index contributed by atoms with van der Waals surface area (Å²) in [5, 5.41) is 0. The van der Waals surface area contributed by atoms with Crippen molar-refractivity contribution in [3.8, 4) is 5.75 Å². The zero-order valence-electron chi connectivity index (χ0n) is 12.2.